The number of thioether (sulfide) groups is 1. The van der Waals surface area contributed by atoms with Gasteiger partial charge in [0, 0.05) is 31.2 Å². The lowest BCUT2D eigenvalue weighted by Crippen LogP contribution is -2.57. The predicted molar refractivity (Wildman–Crippen MR) is 108 cm³/mol. The molecule has 1 atom stereocenters. The molecular formula is C21H24FN3O2S. The SMILES string of the molecule is CC1(C)SCC(C(=O)N(CCc2ccc(F)cc2)Cc2cccnc2)NC1=O. The highest BCUT2D eigenvalue weighted by atomic mass is 32.2. The van der Waals surface area contributed by atoms with Crippen LogP contribution in [0.15, 0.2) is 48.8 Å². The zero-order valence-corrected chi connectivity index (χ0v) is 16.8. The molecule has 1 N–H and O–H groups in total. The summed E-state index contributed by atoms with van der Waals surface area (Å²) >= 11 is 1.49. The van der Waals surface area contributed by atoms with Crippen molar-refractivity contribution in [3.63, 3.8) is 0 Å². The summed E-state index contributed by atoms with van der Waals surface area (Å²) in [6.45, 7) is 4.60. The molecule has 1 unspecified atom stereocenters. The quantitative estimate of drug-likeness (QED) is 0.809. The van der Waals surface area contributed by atoms with Crippen LogP contribution in [0.4, 0.5) is 4.39 Å². The van der Waals surface area contributed by atoms with Gasteiger partial charge in [-0.05, 0) is 49.6 Å². The van der Waals surface area contributed by atoms with Crippen LogP contribution in [-0.4, -0.2) is 44.8 Å². The number of benzene rings is 1. The van der Waals surface area contributed by atoms with Crippen molar-refractivity contribution in [1.29, 1.82) is 0 Å². The molecule has 1 saturated heterocycles. The Morgan fingerprint density at radius 1 is 1.29 bits per heavy atom. The average Bonchev–Trinajstić information content (AvgIpc) is 2.69. The molecule has 1 aliphatic rings. The zero-order valence-electron chi connectivity index (χ0n) is 16.0. The minimum Gasteiger partial charge on any atom is -0.342 e. The molecule has 0 bridgehead atoms. The van der Waals surface area contributed by atoms with Crippen LogP contribution in [-0.2, 0) is 22.6 Å². The van der Waals surface area contributed by atoms with Gasteiger partial charge in [-0.25, -0.2) is 4.39 Å². The number of halogens is 1. The molecule has 0 spiro atoms. The van der Waals surface area contributed by atoms with E-state index >= 15 is 0 Å². The summed E-state index contributed by atoms with van der Waals surface area (Å²) in [5.74, 6) is 0.0263. The van der Waals surface area contributed by atoms with Gasteiger partial charge in [-0.1, -0.05) is 18.2 Å². The summed E-state index contributed by atoms with van der Waals surface area (Å²) in [5, 5.41) is 2.86. The molecule has 0 radical (unpaired) electrons. The number of aromatic nitrogens is 1. The number of pyridine rings is 1. The van der Waals surface area contributed by atoms with Gasteiger partial charge in [-0.15, -0.1) is 11.8 Å². The van der Waals surface area contributed by atoms with Crippen LogP contribution in [0.5, 0.6) is 0 Å². The van der Waals surface area contributed by atoms with Gasteiger partial charge in [-0.3, -0.25) is 14.6 Å². The number of nitrogens with zero attached hydrogens (tertiary/aromatic N) is 2. The molecule has 1 fully saturated rings. The van der Waals surface area contributed by atoms with Crippen molar-refractivity contribution < 1.29 is 14.0 Å². The zero-order chi connectivity index (χ0) is 20.1. The lowest BCUT2D eigenvalue weighted by molar-refractivity contribution is -0.137. The normalized spacial score (nSPS) is 18.4. The fourth-order valence-corrected chi connectivity index (χ4v) is 3.98. The molecule has 148 valence electrons. The second-order valence-corrected chi connectivity index (χ2v) is 8.99. The van der Waals surface area contributed by atoms with Gasteiger partial charge in [0.25, 0.3) is 0 Å². The lowest BCUT2D eigenvalue weighted by Gasteiger charge is -2.35. The number of hydrogen-bond donors (Lipinski definition) is 1. The van der Waals surface area contributed by atoms with Gasteiger partial charge in [0.2, 0.25) is 11.8 Å². The number of rotatable bonds is 6. The molecule has 28 heavy (non-hydrogen) atoms. The van der Waals surface area contributed by atoms with Gasteiger partial charge < -0.3 is 10.2 Å². The van der Waals surface area contributed by atoms with E-state index in [4.69, 9.17) is 0 Å². The molecule has 1 aromatic carbocycles. The largest absolute Gasteiger partial charge is 0.342 e. The number of carbonyl (C=O) groups is 2. The maximum absolute atomic E-state index is 13.2. The summed E-state index contributed by atoms with van der Waals surface area (Å²) in [7, 11) is 0. The Bertz CT molecular complexity index is 827. The van der Waals surface area contributed by atoms with Crippen LogP contribution in [0.1, 0.15) is 25.0 Å². The molecule has 1 aliphatic heterocycles. The molecule has 2 heterocycles. The van der Waals surface area contributed by atoms with E-state index in [1.54, 1.807) is 29.4 Å². The summed E-state index contributed by atoms with van der Waals surface area (Å²) in [4.78, 5) is 31.3. The Labute approximate surface area is 168 Å². The van der Waals surface area contributed by atoms with Crippen LogP contribution in [0.3, 0.4) is 0 Å². The molecular weight excluding hydrogens is 377 g/mol. The van der Waals surface area contributed by atoms with Crippen LogP contribution >= 0.6 is 11.8 Å². The van der Waals surface area contributed by atoms with Gasteiger partial charge in [-0.2, -0.15) is 0 Å². The highest BCUT2D eigenvalue weighted by Gasteiger charge is 2.39. The number of amides is 2. The van der Waals surface area contributed by atoms with Crippen molar-refractivity contribution >= 4 is 23.6 Å². The van der Waals surface area contributed by atoms with Crippen molar-refractivity contribution in [1.82, 2.24) is 15.2 Å². The predicted octanol–water partition coefficient (Wildman–Crippen LogP) is 2.80. The van der Waals surface area contributed by atoms with E-state index in [0.29, 0.717) is 25.3 Å². The highest BCUT2D eigenvalue weighted by molar-refractivity contribution is 8.01. The second-order valence-electron chi connectivity index (χ2n) is 7.34. The fourth-order valence-electron chi connectivity index (χ4n) is 2.98. The Hall–Kier alpha value is -2.41. The molecule has 1 aromatic heterocycles. The Balaban J connectivity index is 1.72. The van der Waals surface area contributed by atoms with Crippen LogP contribution in [0, 0.1) is 5.82 Å². The van der Waals surface area contributed by atoms with Crippen LogP contribution < -0.4 is 5.32 Å². The third-order valence-electron chi connectivity index (χ3n) is 4.75. The van der Waals surface area contributed by atoms with Crippen molar-refractivity contribution in [2.45, 2.75) is 37.6 Å². The van der Waals surface area contributed by atoms with Crippen molar-refractivity contribution in [3.05, 3.63) is 65.7 Å². The first-order chi connectivity index (χ1) is 13.3. The van der Waals surface area contributed by atoms with E-state index in [1.807, 2.05) is 26.0 Å². The van der Waals surface area contributed by atoms with E-state index < -0.39 is 10.8 Å². The van der Waals surface area contributed by atoms with Gasteiger partial charge in [0.05, 0.1) is 4.75 Å². The molecule has 3 rings (SSSR count). The third-order valence-corrected chi connectivity index (χ3v) is 6.16. The van der Waals surface area contributed by atoms with Crippen molar-refractivity contribution in [2.75, 3.05) is 12.3 Å². The molecule has 5 nitrogen and oxygen atoms in total. The minimum atomic E-state index is -0.546. The monoisotopic (exact) mass is 401 g/mol. The Morgan fingerprint density at radius 2 is 2.04 bits per heavy atom. The van der Waals surface area contributed by atoms with E-state index in [0.717, 1.165) is 11.1 Å². The average molecular weight is 402 g/mol. The van der Waals surface area contributed by atoms with E-state index in [9.17, 15) is 14.0 Å². The summed E-state index contributed by atoms with van der Waals surface area (Å²) in [6.07, 6.45) is 4.02. The first-order valence-electron chi connectivity index (χ1n) is 9.22. The van der Waals surface area contributed by atoms with Crippen molar-refractivity contribution in [2.24, 2.45) is 0 Å². The number of hydrogen-bond acceptors (Lipinski definition) is 4. The van der Waals surface area contributed by atoms with E-state index in [-0.39, 0.29) is 17.6 Å². The standard InChI is InChI=1S/C21H24FN3O2S/c1-21(2)20(27)24-18(14-28-21)19(26)25(13-16-4-3-10-23-12-16)11-9-15-5-7-17(22)8-6-15/h3-8,10,12,18H,9,11,13-14H2,1-2H3,(H,24,27). The van der Waals surface area contributed by atoms with E-state index in [2.05, 4.69) is 10.3 Å². The van der Waals surface area contributed by atoms with Gasteiger partial charge >= 0.3 is 0 Å². The topological polar surface area (TPSA) is 62.3 Å². The molecule has 2 aromatic rings. The maximum atomic E-state index is 13.2. The van der Waals surface area contributed by atoms with E-state index in [1.165, 1.54) is 23.9 Å². The Kier molecular flexibility index (Phi) is 6.34. The van der Waals surface area contributed by atoms with Crippen LogP contribution in [0.25, 0.3) is 0 Å². The summed E-state index contributed by atoms with van der Waals surface area (Å²) in [6, 6.07) is 9.49. The highest BCUT2D eigenvalue weighted by Crippen LogP contribution is 2.29. The number of nitrogens with one attached hydrogen (secondary N) is 1. The maximum Gasteiger partial charge on any atom is 0.246 e. The molecule has 0 aliphatic carbocycles. The minimum absolute atomic E-state index is 0.109. The smallest absolute Gasteiger partial charge is 0.246 e. The first kappa shape index (κ1) is 20.3. The van der Waals surface area contributed by atoms with Crippen LogP contribution in [0.2, 0.25) is 0 Å². The number of carbonyl (C=O) groups excluding carboxylic acids is 2. The molecule has 2 amide bonds. The molecule has 0 saturated carbocycles. The van der Waals surface area contributed by atoms with Gasteiger partial charge in [0.15, 0.2) is 0 Å². The first-order valence-corrected chi connectivity index (χ1v) is 10.2. The summed E-state index contributed by atoms with van der Waals surface area (Å²) in [5.41, 5.74) is 1.87. The summed E-state index contributed by atoms with van der Waals surface area (Å²) < 4.78 is 12.6. The second kappa shape index (κ2) is 8.73. The Morgan fingerprint density at radius 3 is 2.68 bits per heavy atom. The molecule has 7 heteroatoms. The van der Waals surface area contributed by atoms with Gasteiger partial charge in [0.1, 0.15) is 11.9 Å². The lowest BCUT2D eigenvalue weighted by atomic mass is 10.1. The van der Waals surface area contributed by atoms with Crippen molar-refractivity contribution in [3.8, 4) is 0 Å². The third kappa shape index (κ3) is 5.10. The fraction of sp³-hybridized carbons (Fsp3) is 0.381.